The van der Waals surface area contributed by atoms with Crippen molar-refractivity contribution in [3.05, 3.63) is 28.8 Å². The molecule has 0 aromatic heterocycles. The highest BCUT2D eigenvalue weighted by atomic mass is 35.5. The molecular weight excluding hydrogens is 276 g/mol. The van der Waals surface area contributed by atoms with E-state index in [0.29, 0.717) is 23.3 Å². The molecule has 2 fully saturated rings. The number of fused-ring (bicyclic) bond motifs is 1. The number of ether oxygens (including phenoxy) is 1. The third-order valence-corrected chi connectivity index (χ3v) is 4.56. The number of hydrogen-bond acceptors (Lipinski definition) is 3. The van der Waals surface area contributed by atoms with E-state index in [1.807, 2.05) is 17.0 Å². The summed E-state index contributed by atoms with van der Waals surface area (Å²) in [5.74, 6) is 2.14. The summed E-state index contributed by atoms with van der Waals surface area (Å²) in [5, 5.41) is 4.02. The summed E-state index contributed by atoms with van der Waals surface area (Å²) in [5.41, 5.74) is 0.861. The molecule has 0 aliphatic carbocycles. The predicted octanol–water partition coefficient (Wildman–Crippen LogP) is 1.57. The van der Waals surface area contributed by atoms with Gasteiger partial charge in [0, 0.05) is 36.8 Å². The van der Waals surface area contributed by atoms with Gasteiger partial charge >= 0.3 is 0 Å². The predicted molar refractivity (Wildman–Crippen MR) is 78.1 cm³/mol. The van der Waals surface area contributed by atoms with Crippen molar-refractivity contribution in [3.63, 3.8) is 0 Å². The van der Waals surface area contributed by atoms with Crippen LogP contribution in [-0.2, 0) is 11.2 Å². The Labute approximate surface area is 124 Å². The van der Waals surface area contributed by atoms with Crippen molar-refractivity contribution in [2.75, 3.05) is 33.3 Å². The van der Waals surface area contributed by atoms with Crippen LogP contribution in [0.4, 0.5) is 0 Å². The topological polar surface area (TPSA) is 41.6 Å². The van der Waals surface area contributed by atoms with Crippen molar-refractivity contribution < 1.29 is 9.53 Å². The van der Waals surface area contributed by atoms with Crippen molar-refractivity contribution in [2.24, 2.45) is 11.8 Å². The molecule has 20 heavy (non-hydrogen) atoms. The fourth-order valence-electron chi connectivity index (χ4n) is 3.22. The normalized spacial score (nSPS) is 24.8. The number of methoxy groups -OCH3 is 1. The largest absolute Gasteiger partial charge is 0.496 e. The van der Waals surface area contributed by atoms with Crippen molar-refractivity contribution in [1.29, 1.82) is 0 Å². The van der Waals surface area contributed by atoms with Crippen molar-refractivity contribution in [3.8, 4) is 5.75 Å². The minimum Gasteiger partial charge on any atom is -0.496 e. The Bertz CT molecular complexity index is 509. The summed E-state index contributed by atoms with van der Waals surface area (Å²) in [7, 11) is 1.61. The minimum absolute atomic E-state index is 0.167. The smallest absolute Gasteiger partial charge is 0.227 e. The van der Waals surface area contributed by atoms with E-state index < -0.39 is 0 Å². The first-order valence-corrected chi connectivity index (χ1v) is 7.36. The van der Waals surface area contributed by atoms with Crippen LogP contribution >= 0.6 is 11.6 Å². The number of hydrogen-bond donors (Lipinski definition) is 1. The fraction of sp³-hybridized carbons (Fsp3) is 0.533. The lowest BCUT2D eigenvalue weighted by Gasteiger charge is -2.18. The molecule has 2 saturated heterocycles. The number of amides is 1. The lowest BCUT2D eigenvalue weighted by atomic mass is 10.0. The summed E-state index contributed by atoms with van der Waals surface area (Å²) in [6.07, 6.45) is 0.358. The molecular formula is C15H19ClN2O2. The Morgan fingerprint density at radius 3 is 2.75 bits per heavy atom. The summed E-state index contributed by atoms with van der Waals surface area (Å²) in [6, 6.07) is 5.41. The molecule has 0 saturated carbocycles. The standard InChI is InChI=1S/C15H19ClN2O2/c1-20-14-3-2-13(16)4-10(14)5-15(19)18-8-11-6-17-7-12(11)9-18/h2-4,11-12,17H,5-9H2,1H3/t11-,12+. The highest BCUT2D eigenvalue weighted by molar-refractivity contribution is 6.30. The number of rotatable bonds is 3. The number of nitrogens with one attached hydrogen (secondary N) is 1. The molecule has 0 bridgehead atoms. The zero-order valence-electron chi connectivity index (χ0n) is 11.6. The minimum atomic E-state index is 0.167. The maximum atomic E-state index is 12.4. The molecule has 1 amide bonds. The zero-order valence-corrected chi connectivity index (χ0v) is 12.3. The lowest BCUT2D eigenvalue weighted by molar-refractivity contribution is -0.129. The van der Waals surface area contributed by atoms with Crippen LogP contribution in [0.2, 0.25) is 5.02 Å². The molecule has 2 heterocycles. The second kappa shape index (κ2) is 5.62. The van der Waals surface area contributed by atoms with Gasteiger partial charge in [-0.25, -0.2) is 0 Å². The van der Waals surface area contributed by atoms with Crippen LogP contribution in [0.1, 0.15) is 5.56 Å². The second-order valence-electron chi connectivity index (χ2n) is 5.61. The van der Waals surface area contributed by atoms with E-state index in [1.54, 1.807) is 13.2 Å². The van der Waals surface area contributed by atoms with Gasteiger partial charge in [0.15, 0.2) is 0 Å². The molecule has 108 valence electrons. The number of likely N-dealkylation sites (tertiary alicyclic amines) is 1. The Balaban J connectivity index is 1.69. The lowest BCUT2D eigenvalue weighted by Crippen LogP contribution is -2.33. The third-order valence-electron chi connectivity index (χ3n) is 4.33. The number of carbonyl (C=O) groups excluding carboxylic acids is 1. The van der Waals surface area contributed by atoms with Crippen LogP contribution in [0.5, 0.6) is 5.75 Å². The van der Waals surface area contributed by atoms with Gasteiger partial charge in [-0.15, -0.1) is 0 Å². The van der Waals surface area contributed by atoms with Crippen molar-refractivity contribution in [1.82, 2.24) is 10.2 Å². The van der Waals surface area contributed by atoms with Crippen molar-refractivity contribution in [2.45, 2.75) is 6.42 Å². The number of halogens is 1. The first-order valence-electron chi connectivity index (χ1n) is 6.98. The first-order chi connectivity index (χ1) is 9.67. The second-order valence-corrected chi connectivity index (χ2v) is 6.05. The van der Waals surface area contributed by atoms with Crippen LogP contribution in [-0.4, -0.2) is 44.1 Å². The van der Waals surface area contributed by atoms with Crippen LogP contribution < -0.4 is 10.1 Å². The van der Waals surface area contributed by atoms with E-state index >= 15 is 0 Å². The summed E-state index contributed by atoms with van der Waals surface area (Å²) in [6.45, 7) is 3.82. The maximum Gasteiger partial charge on any atom is 0.227 e. The molecule has 1 N–H and O–H groups in total. The van der Waals surface area contributed by atoms with Crippen LogP contribution in [0.25, 0.3) is 0 Å². The molecule has 2 aliphatic rings. The number of carbonyl (C=O) groups is 1. The fourth-order valence-corrected chi connectivity index (χ4v) is 3.41. The van der Waals surface area contributed by atoms with E-state index in [-0.39, 0.29) is 5.91 Å². The van der Waals surface area contributed by atoms with Gasteiger partial charge in [0.2, 0.25) is 5.91 Å². The highest BCUT2D eigenvalue weighted by Gasteiger charge is 2.37. The van der Waals surface area contributed by atoms with Gasteiger partial charge in [0.25, 0.3) is 0 Å². The molecule has 0 spiro atoms. The zero-order chi connectivity index (χ0) is 14.1. The summed E-state index contributed by atoms with van der Waals surface area (Å²) in [4.78, 5) is 14.4. The highest BCUT2D eigenvalue weighted by Crippen LogP contribution is 2.28. The van der Waals surface area contributed by atoms with Gasteiger partial charge in [-0.05, 0) is 30.0 Å². The number of nitrogens with zero attached hydrogens (tertiary/aromatic N) is 1. The van der Waals surface area contributed by atoms with Crippen molar-refractivity contribution >= 4 is 17.5 Å². The van der Waals surface area contributed by atoms with Crippen LogP contribution in [0, 0.1) is 11.8 Å². The van der Waals surface area contributed by atoms with Crippen LogP contribution in [0.3, 0.4) is 0 Å². The molecule has 2 atom stereocenters. The average molecular weight is 295 g/mol. The number of benzene rings is 1. The molecule has 2 aliphatic heterocycles. The van der Waals surface area contributed by atoms with E-state index in [4.69, 9.17) is 16.3 Å². The SMILES string of the molecule is COc1ccc(Cl)cc1CC(=O)N1C[C@H]2CNC[C@H]2C1. The van der Waals surface area contributed by atoms with Gasteiger partial charge in [-0.1, -0.05) is 11.6 Å². The summed E-state index contributed by atoms with van der Waals surface area (Å²) < 4.78 is 5.30. The third kappa shape index (κ3) is 2.63. The van der Waals surface area contributed by atoms with Gasteiger partial charge in [0.1, 0.15) is 5.75 Å². The van der Waals surface area contributed by atoms with Gasteiger partial charge in [-0.3, -0.25) is 4.79 Å². The maximum absolute atomic E-state index is 12.4. The molecule has 0 unspecified atom stereocenters. The Morgan fingerprint density at radius 2 is 2.10 bits per heavy atom. The van der Waals surface area contributed by atoms with Gasteiger partial charge < -0.3 is 15.0 Å². The molecule has 1 aromatic rings. The Hall–Kier alpha value is -1.26. The van der Waals surface area contributed by atoms with Gasteiger partial charge in [0.05, 0.1) is 13.5 Å². The molecule has 3 rings (SSSR count). The van der Waals surface area contributed by atoms with E-state index in [9.17, 15) is 4.79 Å². The first kappa shape index (κ1) is 13.7. The quantitative estimate of drug-likeness (QED) is 0.920. The molecule has 0 radical (unpaired) electrons. The Kier molecular flexibility index (Phi) is 3.85. The Morgan fingerprint density at radius 1 is 1.40 bits per heavy atom. The summed E-state index contributed by atoms with van der Waals surface area (Å²) >= 11 is 6.01. The molecule has 5 heteroatoms. The monoisotopic (exact) mass is 294 g/mol. The van der Waals surface area contributed by atoms with Gasteiger partial charge in [-0.2, -0.15) is 0 Å². The van der Waals surface area contributed by atoms with E-state index in [0.717, 1.165) is 37.5 Å². The van der Waals surface area contributed by atoms with E-state index in [2.05, 4.69) is 5.32 Å². The molecule has 4 nitrogen and oxygen atoms in total. The van der Waals surface area contributed by atoms with E-state index in [1.165, 1.54) is 0 Å². The average Bonchev–Trinajstić information content (AvgIpc) is 2.99. The molecule has 1 aromatic carbocycles. The van der Waals surface area contributed by atoms with Crippen LogP contribution in [0.15, 0.2) is 18.2 Å².